The molecule has 1 heterocycles. The summed E-state index contributed by atoms with van der Waals surface area (Å²) in [7, 11) is 0. The third kappa shape index (κ3) is 1.39. The van der Waals surface area contributed by atoms with Crippen LogP contribution in [0, 0.1) is 13.8 Å². The number of carbonyl (C=O) groups is 1. The minimum Gasteiger partial charge on any atom is -0.507 e. The molecule has 82 valence electrons. The molecular weight excluding hydrogens is 208 g/mol. The van der Waals surface area contributed by atoms with E-state index >= 15 is 0 Å². The molecular formula is C12H10O4. The molecule has 0 radical (unpaired) electrons. The van der Waals surface area contributed by atoms with Crippen LogP contribution >= 0.6 is 0 Å². The molecule has 0 amide bonds. The van der Waals surface area contributed by atoms with E-state index in [-0.39, 0.29) is 11.3 Å². The van der Waals surface area contributed by atoms with Crippen molar-refractivity contribution in [1.82, 2.24) is 0 Å². The minimum atomic E-state index is -0.466. The molecule has 4 nitrogen and oxygen atoms in total. The fraction of sp³-hybridized carbons (Fsp3) is 0.167. The maximum atomic E-state index is 11.2. The van der Waals surface area contributed by atoms with E-state index in [4.69, 9.17) is 4.42 Å². The number of aromatic hydroxyl groups is 1. The Labute approximate surface area is 91.1 Å². The minimum absolute atomic E-state index is 0.142. The summed E-state index contributed by atoms with van der Waals surface area (Å²) in [6, 6.07) is 2.87. The molecule has 16 heavy (non-hydrogen) atoms. The number of rotatable bonds is 1. The standard InChI is InChI=1S/C12H10O4/c1-6-3-10(14)16-12-7(2)11(15)8(5-13)4-9(6)12/h3-5,15H,1-2H3. The lowest BCUT2D eigenvalue weighted by molar-refractivity contribution is 0.112. The van der Waals surface area contributed by atoms with Gasteiger partial charge in [-0.25, -0.2) is 4.79 Å². The molecule has 1 aromatic heterocycles. The molecule has 0 aliphatic carbocycles. The number of phenols is 1. The molecule has 0 fully saturated rings. The van der Waals surface area contributed by atoms with E-state index in [9.17, 15) is 14.7 Å². The fourth-order valence-corrected chi connectivity index (χ4v) is 1.71. The number of aldehydes is 1. The van der Waals surface area contributed by atoms with Crippen LogP contribution < -0.4 is 5.63 Å². The maximum absolute atomic E-state index is 11.2. The van der Waals surface area contributed by atoms with Crippen LogP contribution in [0.3, 0.4) is 0 Å². The summed E-state index contributed by atoms with van der Waals surface area (Å²) in [4.78, 5) is 22.0. The summed E-state index contributed by atoms with van der Waals surface area (Å²) in [5.41, 5.74) is 1.18. The summed E-state index contributed by atoms with van der Waals surface area (Å²) in [6.07, 6.45) is 0.576. The van der Waals surface area contributed by atoms with Gasteiger partial charge in [0.2, 0.25) is 0 Å². The van der Waals surface area contributed by atoms with Gasteiger partial charge < -0.3 is 9.52 Å². The molecule has 0 aliphatic heterocycles. The van der Waals surface area contributed by atoms with E-state index in [2.05, 4.69) is 0 Å². The summed E-state index contributed by atoms with van der Waals surface area (Å²) < 4.78 is 5.02. The van der Waals surface area contributed by atoms with Crippen molar-refractivity contribution >= 4 is 17.3 Å². The summed E-state index contributed by atoms with van der Waals surface area (Å²) in [5.74, 6) is -0.142. The predicted molar refractivity (Wildman–Crippen MR) is 59.0 cm³/mol. The summed E-state index contributed by atoms with van der Waals surface area (Å²) >= 11 is 0. The number of hydrogen-bond acceptors (Lipinski definition) is 4. The van der Waals surface area contributed by atoms with Crippen molar-refractivity contribution in [3.63, 3.8) is 0 Å². The van der Waals surface area contributed by atoms with Gasteiger partial charge in [0.25, 0.3) is 0 Å². The Morgan fingerprint density at radius 2 is 2.00 bits per heavy atom. The van der Waals surface area contributed by atoms with Gasteiger partial charge in [0.15, 0.2) is 6.29 Å². The molecule has 0 unspecified atom stereocenters. The molecule has 0 aliphatic rings. The SMILES string of the molecule is Cc1cc(=O)oc2c(C)c(O)c(C=O)cc12. The first kappa shape index (κ1) is 10.4. The second kappa shape index (κ2) is 3.48. The van der Waals surface area contributed by atoms with Gasteiger partial charge in [-0.3, -0.25) is 4.79 Å². The van der Waals surface area contributed by atoms with Crippen LogP contribution in [0.1, 0.15) is 21.5 Å². The predicted octanol–water partition coefficient (Wildman–Crippen LogP) is 1.93. The first-order valence-electron chi connectivity index (χ1n) is 4.77. The van der Waals surface area contributed by atoms with Crippen LogP contribution in [0.5, 0.6) is 5.75 Å². The third-order valence-corrected chi connectivity index (χ3v) is 2.60. The van der Waals surface area contributed by atoms with Crippen LogP contribution in [0.15, 0.2) is 21.3 Å². The highest BCUT2D eigenvalue weighted by Crippen LogP contribution is 2.30. The molecule has 1 aromatic carbocycles. The smallest absolute Gasteiger partial charge is 0.336 e. The van der Waals surface area contributed by atoms with Crippen molar-refractivity contribution in [3.05, 3.63) is 39.2 Å². The van der Waals surface area contributed by atoms with Gasteiger partial charge in [-0.15, -0.1) is 0 Å². The average Bonchev–Trinajstić information content (AvgIpc) is 2.24. The molecule has 4 heteroatoms. The quantitative estimate of drug-likeness (QED) is 0.586. The lowest BCUT2D eigenvalue weighted by atomic mass is 10.0. The molecule has 0 saturated heterocycles. The number of hydrogen-bond donors (Lipinski definition) is 1. The van der Waals surface area contributed by atoms with Gasteiger partial charge in [-0.05, 0) is 25.5 Å². The number of benzene rings is 1. The Morgan fingerprint density at radius 3 is 2.62 bits per heavy atom. The van der Waals surface area contributed by atoms with E-state index in [0.29, 0.717) is 22.8 Å². The maximum Gasteiger partial charge on any atom is 0.336 e. The fourth-order valence-electron chi connectivity index (χ4n) is 1.71. The zero-order valence-electron chi connectivity index (χ0n) is 8.90. The summed E-state index contributed by atoms with van der Waals surface area (Å²) in [5, 5.41) is 10.3. The molecule has 1 N–H and O–H groups in total. The molecule has 0 saturated carbocycles. The largest absolute Gasteiger partial charge is 0.507 e. The Hall–Kier alpha value is -2.10. The Bertz CT molecular complexity index is 637. The Kier molecular flexibility index (Phi) is 2.27. The lowest BCUT2D eigenvalue weighted by Gasteiger charge is -2.07. The van der Waals surface area contributed by atoms with E-state index in [1.54, 1.807) is 13.8 Å². The van der Waals surface area contributed by atoms with Gasteiger partial charge in [0.05, 0.1) is 5.56 Å². The van der Waals surface area contributed by atoms with Crippen LogP contribution in [0.25, 0.3) is 11.0 Å². The highest BCUT2D eigenvalue weighted by molar-refractivity contribution is 5.93. The van der Waals surface area contributed by atoms with Crippen molar-refractivity contribution in [2.75, 3.05) is 0 Å². The highest BCUT2D eigenvalue weighted by Gasteiger charge is 2.12. The molecule has 2 rings (SSSR count). The molecule has 2 aromatic rings. The van der Waals surface area contributed by atoms with Crippen LogP contribution in [-0.4, -0.2) is 11.4 Å². The van der Waals surface area contributed by atoms with E-state index < -0.39 is 5.63 Å². The van der Waals surface area contributed by atoms with E-state index in [1.807, 2.05) is 0 Å². The molecule has 0 spiro atoms. The molecule has 0 atom stereocenters. The van der Waals surface area contributed by atoms with Crippen molar-refractivity contribution in [2.45, 2.75) is 13.8 Å². The van der Waals surface area contributed by atoms with E-state index in [0.717, 1.165) is 5.56 Å². The van der Waals surface area contributed by atoms with Gasteiger partial charge in [-0.2, -0.15) is 0 Å². The zero-order valence-corrected chi connectivity index (χ0v) is 8.90. The average molecular weight is 218 g/mol. The molecule has 0 bridgehead atoms. The number of fused-ring (bicyclic) bond motifs is 1. The third-order valence-electron chi connectivity index (χ3n) is 2.60. The normalized spacial score (nSPS) is 10.6. The monoisotopic (exact) mass is 218 g/mol. The summed E-state index contributed by atoms with van der Waals surface area (Å²) in [6.45, 7) is 3.36. The van der Waals surface area contributed by atoms with E-state index in [1.165, 1.54) is 12.1 Å². The number of phenolic OH excluding ortho intramolecular Hbond substituents is 1. The Balaban J connectivity index is 3.04. The highest BCUT2D eigenvalue weighted by atomic mass is 16.4. The zero-order chi connectivity index (χ0) is 11.9. The second-order valence-electron chi connectivity index (χ2n) is 3.68. The van der Waals surface area contributed by atoms with Crippen LogP contribution in [-0.2, 0) is 0 Å². The topological polar surface area (TPSA) is 67.5 Å². The number of carbonyl (C=O) groups excluding carboxylic acids is 1. The van der Waals surface area contributed by atoms with Crippen molar-refractivity contribution in [3.8, 4) is 5.75 Å². The first-order valence-corrected chi connectivity index (χ1v) is 4.77. The lowest BCUT2D eigenvalue weighted by Crippen LogP contribution is -2.00. The second-order valence-corrected chi connectivity index (χ2v) is 3.68. The van der Waals surface area contributed by atoms with Gasteiger partial charge in [-0.1, -0.05) is 0 Å². The van der Waals surface area contributed by atoms with Gasteiger partial charge in [0.1, 0.15) is 11.3 Å². The van der Waals surface area contributed by atoms with Crippen molar-refractivity contribution in [2.24, 2.45) is 0 Å². The van der Waals surface area contributed by atoms with Crippen LogP contribution in [0.2, 0.25) is 0 Å². The van der Waals surface area contributed by atoms with Crippen molar-refractivity contribution < 1.29 is 14.3 Å². The van der Waals surface area contributed by atoms with Gasteiger partial charge in [0, 0.05) is 17.0 Å². The number of aryl methyl sites for hydroxylation is 2. The Morgan fingerprint density at radius 1 is 1.31 bits per heavy atom. The first-order chi connectivity index (χ1) is 7.54. The van der Waals surface area contributed by atoms with Gasteiger partial charge >= 0.3 is 5.63 Å². The van der Waals surface area contributed by atoms with Crippen LogP contribution in [0.4, 0.5) is 0 Å². The van der Waals surface area contributed by atoms with Crippen molar-refractivity contribution in [1.29, 1.82) is 0 Å².